The summed E-state index contributed by atoms with van der Waals surface area (Å²) < 4.78 is 0. The Morgan fingerprint density at radius 2 is 1.90 bits per heavy atom. The van der Waals surface area contributed by atoms with Crippen LogP contribution in [0, 0.1) is 0 Å². The third kappa shape index (κ3) is 5.59. The van der Waals surface area contributed by atoms with Crippen LogP contribution in [-0.4, -0.2) is 25.1 Å². The molecule has 10 heavy (non-hydrogen) atoms. The van der Waals surface area contributed by atoms with Crippen molar-refractivity contribution in [1.29, 1.82) is 0 Å². The molecule has 0 aliphatic carbocycles. The van der Waals surface area contributed by atoms with Crippen LogP contribution in [0.15, 0.2) is 12.2 Å². The second kappa shape index (κ2) is 5.26. The van der Waals surface area contributed by atoms with Crippen LogP contribution in [-0.2, 0) is 9.63 Å². The molecule has 0 aromatic carbocycles. The van der Waals surface area contributed by atoms with Crippen molar-refractivity contribution in [2.75, 3.05) is 14.1 Å². The van der Waals surface area contributed by atoms with E-state index in [2.05, 4.69) is 11.4 Å². The molecule has 0 unspecified atom stereocenters. The van der Waals surface area contributed by atoms with Gasteiger partial charge in [0.25, 0.3) is 0 Å². The van der Waals surface area contributed by atoms with Crippen molar-refractivity contribution in [3.8, 4) is 0 Å². The molecule has 0 saturated carbocycles. The zero-order valence-electron chi connectivity index (χ0n) is 6.38. The molecular weight excluding hydrogens is 154 g/mol. The zero-order valence-corrected chi connectivity index (χ0v) is 7.20. The average molecular weight is 166 g/mol. The maximum Gasteiger partial charge on any atom is 0.351 e. The van der Waals surface area contributed by atoms with Crippen molar-refractivity contribution in [2.45, 2.75) is 6.92 Å². The highest BCUT2D eigenvalue weighted by molar-refractivity contribution is 5.86. The molecule has 60 valence electrons. The van der Waals surface area contributed by atoms with Gasteiger partial charge in [0.15, 0.2) is 0 Å². The lowest BCUT2D eigenvalue weighted by Crippen LogP contribution is -2.18. The first kappa shape index (κ1) is 12.2. The first-order valence-corrected chi connectivity index (χ1v) is 2.59. The fraction of sp³-hybridized carbons (Fsp3) is 0.500. The molecule has 0 radical (unpaired) electrons. The molecule has 0 fully saturated rings. The molecular formula is C6H12ClNO2. The van der Waals surface area contributed by atoms with Gasteiger partial charge in [0.1, 0.15) is 0 Å². The van der Waals surface area contributed by atoms with E-state index in [1.807, 2.05) is 0 Å². The van der Waals surface area contributed by atoms with Crippen molar-refractivity contribution in [3.05, 3.63) is 12.2 Å². The molecule has 0 heterocycles. The highest BCUT2D eigenvalue weighted by atomic mass is 35.5. The van der Waals surface area contributed by atoms with Gasteiger partial charge in [-0.05, 0) is 6.92 Å². The minimum Gasteiger partial charge on any atom is -0.365 e. The van der Waals surface area contributed by atoms with Crippen LogP contribution < -0.4 is 0 Å². The fourth-order valence-corrected chi connectivity index (χ4v) is 0.244. The van der Waals surface area contributed by atoms with Gasteiger partial charge in [-0.1, -0.05) is 6.58 Å². The van der Waals surface area contributed by atoms with Crippen molar-refractivity contribution in [3.63, 3.8) is 0 Å². The van der Waals surface area contributed by atoms with E-state index < -0.39 is 0 Å². The highest BCUT2D eigenvalue weighted by Gasteiger charge is 2.02. The van der Waals surface area contributed by atoms with Crippen LogP contribution in [0.2, 0.25) is 0 Å². The summed E-state index contributed by atoms with van der Waals surface area (Å²) in [5, 5.41) is 1.33. The van der Waals surface area contributed by atoms with Crippen LogP contribution in [0.4, 0.5) is 0 Å². The standard InChI is InChI=1S/C6H11NO2.ClH/c1-5(2)6(8)9-7(3)4;/h1H2,2-4H3;1H. The van der Waals surface area contributed by atoms with E-state index in [4.69, 9.17) is 0 Å². The molecule has 0 spiro atoms. The number of carbonyl (C=O) groups excluding carboxylic acids is 1. The van der Waals surface area contributed by atoms with E-state index in [0.717, 1.165) is 0 Å². The monoisotopic (exact) mass is 165 g/mol. The van der Waals surface area contributed by atoms with Crippen LogP contribution in [0.1, 0.15) is 6.92 Å². The van der Waals surface area contributed by atoms with Gasteiger partial charge >= 0.3 is 5.97 Å². The lowest BCUT2D eigenvalue weighted by molar-refractivity contribution is -0.172. The lowest BCUT2D eigenvalue weighted by Gasteiger charge is -2.08. The summed E-state index contributed by atoms with van der Waals surface area (Å²) in [6, 6.07) is 0. The molecule has 0 saturated heterocycles. The Hall–Kier alpha value is -0.540. The summed E-state index contributed by atoms with van der Waals surface area (Å²) in [4.78, 5) is 15.2. The zero-order chi connectivity index (χ0) is 7.44. The van der Waals surface area contributed by atoms with Crippen LogP contribution in [0.25, 0.3) is 0 Å². The number of carbonyl (C=O) groups is 1. The van der Waals surface area contributed by atoms with E-state index >= 15 is 0 Å². The van der Waals surface area contributed by atoms with Crippen molar-refractivity contribution in [2.24, 2.45) is 0 Å². The summed E-state index contributed by atoms with van der Waals surface area (Å²) in [5.74, 6) is -0.389. The van der Waals surface area contributed by atoms with E-state index in [1.165, 1.54) is 5.06 Å². The first-order chi connectivity index (χ1) is 4.04. The predicted molar refractivity (Wildman–Crippen MR) is 41.8 cm³/mol. The number of rotatable bonds is 2. The normalized spacial score (nSPS) is 8.40. The van der Waals surface area contributed by atoms with E-state index in [9.17, 15) is 4.79 Å². The molecule has 0 rings (SSSR count). The average Bonchev–Trinajstić information content (AvgIpc) is 1.63. The Balaban J connectivity index is 0. The highest BCUT2D eigenvalue weighted by Crippen LogP contribution is 1.91. The van der Waals surface area contributed by atoms with Gasteiger partial charge in [-0.15, -0.1) is 17.5 Å². The summed E-state index contributed by atoms with van der Waals surface area (Å²) in [6.45, 7) is 5.01. The number of hydrogen-bond donors (Lipinski definition) is 0. The molecule has 3 nitrogen and oxygen atoms in total. The van der Waals surface area contributed by atoms with Gasteiger partial charge in [-0.2, -0.15) is 0 Å². The van der Waals surface area contributed by atoms with Crippen molar-refractivity contribution in [1.82, 2.24) is 5.06 Å². The second-order valence-electron chi connectivity index (χ2n) is 1.97. The molecule has 0 aromatic rings. The molecule has 0 atom stereocenters. The summed E-state index contributed by atoms with van der Waals surface area (Å²) >= 11 is 0. The number of hydrogen-bond acceptors (Lipinski definition) is 3. The Bertz CT molecular complexity index is 134. The summed E-state index contributed by atoms with van der Waals surface area (Å²) in [7, 11) is 3.28. The molecule has 4 heteroatoms. The quantitative estimate of drug-likeness (QED) is 0.452. The second-order valence-corrected chi connectivity index (χ2v) is 1.97. The Morgan fingerprint density at radius 3 is 2.00 bits per heavy atom. The van der Waals surface area contributed by atoms with Crippen molar-refractivity contribution < 1.29 is 9.63 Å². The third-order valence-electron chi connectivity index (χ3n) is 0.614. The van der Waals surface area contributed by atoms with Gasteiger partial charge in [0.05, 0.1) is 0 Å². The summed E-state index contributed by atoms with van der Waals surface area (Å²) in [5.41, 5.74) is 0.406. The SMILES string of the molecule is C=C(C)C(=O)ON(C)C.Cl. The molecule has 0 aliphatic rings. The Morgan fingerprint density at radius 1 is 1.50 bits per heavy atom. The van der Waals surface area contributed by atoms with E-state index in [0.29, 0.717) is 5.57 Å². The maximum absolute atomic E-state index is 10.6. The molecule has 0 aromatic heterocycles. The molecule has 0 bridgehead atoms. The summed E-state index contributed by atoms with van der Waals surface area (Å²) in [6.07, 6.45) is 0. The van der Waals surface area contributed by atoms with Crippen LogP contribution in [0.5, 0.6) is 0 Å². The van der Waals surface area contributed by atoms with Gasteiger partial charge in [-0.25, -0.2) is 4.79 Å². The molecule has 0 aliphatic heterocycles. The largest absolute Gasteiger partial charge is 0.365 e. The number of nitrogens with zero attached hydrogens (tertiary/aromatic N) is 1. The van der Waals surface area contributed by atoms with Crippen LogP contribution >= 0.6 is 12.4 Å². The van der Waals surface area contributed by atoms with Crippen LogP contribution in [0.3, 0.4) is 0 Å². The minimum atomic E-state index is -0.389. The molecule has 0 amide bonds. The smallest absolute Gasteiger partial charge is 0.351 e. The maximum atomic E-state index is 10.6. The predicted octanol–water partition coefficient (Wildman–Crippen LogP) is 1.00. The van der Waals surface area contributed by atoms with E-state index in [-0.39, 0.29) is 18.4 Å². The Labute approximate surface area is 67.0 Å². The van der Waals surface area contributed by atoms with E-state index in [1.54, 1.807) is 21.0 Å². The number of hydroxylamine groups is 2. The topological polar surface area (TPSA) is 29.5 Å². The number of halogens is 1. The minimum absolute atomic E-state index is 0. The lowest BCUT2D eigenvalue weighted by atomic mass is 10.4. The van der Waals surface area contributed by atoms with Crippen molar-refractivity contribution >= 4 is 18.4 Å². The third-order valence-corrected chi connectivity index (χ3v) is 0.614. The molecule has 0 N–H and O–H groups in total. The first-order valence-electron chi connectivity index (χ1n) is 2.59. The van der Waals surface area contributed by atoms with Gasteiger partial charge in [0, 0.05) is 19.7 Å². The van der Waals surface area contributed by atoms with Gasteiger partial charge < -0.3 is 4.84 Å². The Kier molecular flexibility index (Phi) is 6.40. The van der Waals surface area contributed by atoms with Gasteiger partial charge in [0.2, 0.25) is 0 Å². The van der Waals surface area contributed by atoms with Gasteiger partial charge in [-0.3, -0.25) is 0 Å². The fourth-order valence-electron chi connectivity index (χ4n) is 0.244.